The minimum absolute atomic E-state index is 0.179. The maximum absolute atomic E-state index is 14.0. The Labute approximate surface area is 155 Å². The van der Waals surface area contributed by atoms with Crippen LogP contribution in [0.3, 0.4) is 0 Å². The molecular weight excluding hydrogens is 357 g/mol. The zero-order chi connectivity index (χ0) is 19.0. The van der Waals surface area contributed by atoms with Gasteiger partial charge in [0.15, 0.2) is 5.82 Å². The number of hydrogen-bond acceptors (Lipinski definition) is 3. The molecule has 0 aliphatic rings. The SMILES string of the molecule is Cc1nn(C)c(C)c1C(=O)Nc1cc(C)n(Cc2c(F)cccc2Cl)n1. The number of aromatic nitrogens is 4. The summed E-state index contributed by atoms with van der Waals surface area (Å²) in [5.41, 5.74) is 3.08. The van der Waals surface area contributed by atoms with Crippen LogP contribution in [0.4, 0.5) is 10.2 Å². The molecule has 2 aromatic heterocycles. The number of carbonyl (C=O) groups excluding carboxylic acids is 1. The van der Waals surface area contributed by atoms with Crippen molar-refractivity contribution in [2.75, 3.05) is 5.32 Å². The van der Waals surface area contributed by atoms with Crippen LogP contribution in [0.2, 0.25) is 5.02 Å². The molecule has 0 atom stereocenters. The molecule has 1 aromatic carbocycles. The first-order valence-corrected chi connectivity index (χ1v) is 8.44. The zero-order valence-corrected chi connectivity index (χ0v) is 15.7. The third-order valence-corrected chi connectivity index (χ3v) is 4.68. The molecule has 1 amide bonds. The topological polar surface area (TPSA) is 64.7 Å². The summed E-state index contributed by atoms with van der Waals surface area (Å²) in [6.45, 7) is 5.63. The molecule has 3 rings (SSSR count). The summed E-state index contributed by atoms with van der Waals surface area (Å²) >= 11 is 6.08. The Morgan fingerprint density at radius 3 is 2.62 bits per heavy atom. The average Bonchev–Trinajstić information content (AvgIpc) is 3.02. The van der Waals surface area contributed by atoms with E-state index in [4.69, 9.17) is 11.6 Å². The first-order valence-electron chi connectivity index (χ1n) is 8.06. The predicted molar refractivity (Wildman–Crippen MR) is 98.1 cm³/mol. The highest BCUT2D eigenvalue weighted by molar-refractivity contribution is 6.31. The molecule has 0 fully saturated rings. The fraction of sp³-hybridized carbons (Fsp3) is 0.278. The van der Waals surface area contributed by atoms with Gasteiger partial charge in [0.25, 0.3) is 5.91 Å². The predicted octanol–water partition coefficient (Wildman–Crippen LogP) is 3.63. The number of amides is 1. The van der Waals surface area contributed by atoms with Crippen LogP contribution in [-0.4, -0.2) is 25.5 Å². The second kappa shape index (κ2) is 6.92. The molecule has 0 saturated heterocycles. The maximum atomic E-state index is 14.0. The van der Waals surface area contributed by atoms with Crippen LogP contribution in [0.15, 0.2) is 24.3 Å². The monoisotopic (exact) mass is 375 g/mol. The Balaban J connectivity index is 1.83. The molecule has 0 spiro atoms. The summed E-state index contributed by atoms with van der Waals surface area (Å²) in [5, 5.41) is 11.7. The van der Waals surface area contributed by atoms with Crippen molar-refractivity contribution < 1.29 is 9.18 Å². The van der Waals surface area contributed by atoms with E-state index in [-0.39, 0.29) is 18.3 Å². The normalized spacial score (nSPS) is 11.0. The highest BCUT2D eigenvalue weighted by Gasteiger charge is 2.19. The first-order chi connectivity index (χ1) is 12.3. The summed E-state index contributed by atoms with van der Waals surface area (Å²) in [6, 6.07) is 6.28. The number of benzene rings is 1. The second-order valence-corrected chi connectivity index (χ2v) is 6.56. The lowest BCUT2D eigenvalue weighted by atomic mass is 10.2. The summed E-state index contributed by atoms with van der Waals surface area (Å²) in [7, 11) is 1.79. The number of hydrogen-bond donors (Lipinski definition) is 1. The molecule has 2 heterocycles. The van der Waals surface area contributed by atoms with Gasteiger partial charge in [-0.15, -0.1) is 0 Å². The maximum Gasteiger partial charge on any atom is 0.260 e. The Bertz CT molecular complexity index is 972. The molecule has 8 heteroatoms. The zero-order valence-electron chi connectivity index (χ0n) is 15.0. The van der Waals surface area contributed by atoms with E-state index in [1.54, 1.807) is 41.5 Å². The van der Waals surface area contributed by atoms with E-state index in [2.05, 4.69) is 15.5 Å². The molecule has 0 unspecified atom stereocenters. The van der Waals surface area contributed by atoms with E-state index < -0.39 is 0 Å². The minimum atomic E-state index is -0.389. The Morgan fingerprint density at radius 1 is 1.27 bits per heavy atom. The van der Waals surface area contributed by atoms with Crippen LogP contribution in [0, 0.1) is 26.6 Å². The van der Waals surface area contributed by atoms with E-state index in [0.29, 0.717) is 27.7 Å². The molecule has 0 aliphatic heterocycles. The van der Waals surface area contributed by atoms with Crippen molar-refractivity contribution in [1.82, 2.24) is 19.6 Å². The molecule has 0 saturated carbocycles. The molecule has 1 N–H and O–H groups in total. The number of rotatable bonds is 4. The molecule has 3 aromatic rings. The Hall–Kier alpha value is -2.67. The third kappa shape index (κ3) is 3.35. The average molecular weight is 376 g/mol. The fourth-order valence-corrected chi connectivity index (χ4v) is 3.07. The highest BCUT2D eigenvalue weighted by atomic mass is 35.5. The second-order valence-electron chi connectivity index (χ2n) is 6.15. The quantitative estimate of drug-likeness (QED) is 0.757. The molecular formula is C18H19ClFN5O. The summed E-state index contributed by atoms with van der Waals surface area (Å²) in [5.74, 6) is -0.274. The van der Waals surface area contributed by atoms with Gasteiger partial charge in [0.1, 0.15) is 5.82 Å². The molecule has 26 heavy (non-hydrogen) atoms. The van der Waals surface area contributed by atoms with Gasteiger partial charge >= 0.3 is 0 Å². The molecule has 136 valence electrons. The van der Waals surface area contributed by atoms with Gasteiger partial charge in [-0.3, -0.25) is 14.2 Å². The highest BCUT2D eigenvalue weighted by Crippen LogP contribution is 2.22. The van der Waals surface area contributed by atoms with Crippen molar-refractivity contribution in [3.8, 4) is 0 Å². The number of aryl methyl sites for hydroxylation is 3. The third-order valence-electron chi connectivity index (χ3n) is 4.33. The summed E-state index contributed by atoms with van der Waals surface area (Å²) in [6.07, 6.45) is 0. The number of anilines is 1. The number of halogens is 2. The van der Waals surface area contributed by atoms with Crippen LogP contribution in [0.25, 0.3) is 0 Å². The summed E-state index contributed by atoms with van der Waals surface area (Å²) in [4.78, 5) is 12.6. The van der Waals surface area contributed by atoms with Gasteiger partial charge in [-0.2, -0.15) is 10.2 Å². The molecule has 0 radical (unpaired) electrons. The van der Waals surface area contributed by atoms with Crippen molar-refractivity contribution in [1.29, 1.82) is 0 Å². The number of carbonyl (C=O) groups is 1. The van der Waals surface area contributed by atoms with Crippen LogP contribution in [-0.2, 0) is 13.6 Å². The fourth-order valence-electron chi connectivity index (χ4n) is 2.85. The van der Waals surface area contributed by atoms with Gasteiger partial charge in [-0.05, 0) is 32.9 Å². The minimum Gasteiger partial charge on any atom is -0.305 e. The standard InChI is InChI=1S/C18H19ClFN5O/c1-10-8-16(21-18(26)17-11(2)22-24(4)12(17)3)23-25(10)9-13-14(19)6-5-7-15(13)20/h5-8H,9H2,1-4H3,(H,21,23,26). The van der Waals surface area contributed by atoms with Crippen molar-refractivity contribution in [2.45, 2.75) is 27.3 Å². The Kier molecular flexibility index (Phi) is 4.82. The lowest BCUT2D eigenvalue weighted by molar-refractivity contribution is 0.102. The van der Waals surface area contributed by atoms with Gasteiger partial charge in [0.05, 0.1) is 17.8 Å². The summed E-state index contributed by atoms with van der Waals surface area (Å²) < 4.78 is 17.3. The van der Waals surface area contributed by atoms with Crippen molar-refractivity contribution >= 4 is 23.3 Å². The van der Waals surface area contributed by atoms with Gasteiger partial charge in [-0.25, -0.2) is 4.39 Å². The van der Waals surface area contributed by atoms with E-state index in [0.717, 1.165) is 11.4 Å². The van der Waals surface area contributed by atoms with E-state index >= 15 is 0 Å². The molecule has 0 aliphatic carbocycles. The van der Waals surface area contributed by atoms with Crippen LogP contribution in [0.1, 0.15) is 33.0 Å². The van der Waals surface area contributed by atoms with Gasteiger partial charge in [0.2, 0.25) is 0 Å². The van der Waals surface area contributed by atoms with Gasteiger partial charge in [0, 0.05) is 35.1 Å². The largest absolute Gasteiger partial charge is 0.305 e. The number of nitrogens with one attached hydrogen (secondary N) is 1. The van der Waals surface area contributed by atoms with Crippen LogP contribution < -0.4 is 5.32 Å². The van der Waals surface area contributed by atoms with E-state index in [1.807, 2.05) is 13.8 Å². The smallest absolute Gasteiger partial charge is 0.260 e. The van der Waals surface area contributed by atoms with E-state index in [9.17, 15) is 9.18 Å². The van der Waals surface area contributed by atoms with E-state index in [1.165, 1.54) is 6.07 Å². The van der Waals surface area contributed by atoms with Crippen LogP contribution in [0.5, 0.6) is 0 Å². The van der Waals surface area contributed by atoms with Crippen LogP contribution >= 0.6 is 11.6 Å². The number of nitrogens with zero attached hydrogens (tertiary/aromatic N) is 4. The van der Waals surface area contributed by atoms with Gasteiger partial charge in [-0.1, -0.05) is 17.7 Å². The molecule has 6 nitrogen and oxygen atoms in total. The Morgan fingerprint density at radius 2 is 2.00 bits per heavy atom. The lowest BCUT2D eigenvalue weighted by Gasteiger charge is -2.08. The lowest BCUT2D eigenvalue weighted by Crippen LogP contribution is -2.15. The molecule has 0 bridgehead atoms. The van der Waals surface area contributed by atoms with Crippen molar-refractivity contribution in [3.05, 3.63) is 63.3 Å². The van der Waals surface area contributed by atoms with Gasteiger partial charge < -0.3 is 5.32 Å². The van der Waals surface area contributed by atoms with Crippen molar-refractivity contribution in [2.24, 2.45) is 7.05 Å². The first kappa shape index (κ1) is 18.1. The van der Waals surface area contributed by atoms with Crippen molar-refractivity contribution in [3.63, 3.8) is 0 Å².